The van der Waals surface area contributed by atoms with E-state index < -0.39 is 6.29 Å². The van der Waals surface area contributed by atoms with Crippen molar-refractivity contribution < 1.29 is 10.2 Å². The number of hydrogen-bond donors (Lipinski definition) is 4. The second-order valence-electron chi connectivity index (χ2n) is 9.11. The Balaban J connectivity index is 1.23. The van der Waals surface area contributed by atoms with Crippen molar-refractivity contribution in [2.45, 2.75) is 25.6 Å². The lowest BCUT2D eigenvalue weighted by Crippen LogP contribution is -2.36. The molecule has 4 aromatic rings. The molecule has 1 aliphatic heterocycles. The third kappa shape index (κ3) is 3.73. The maximum atomic E-state index is 12.5. The van der Waals surface area contributed by atoms with Crippen molar-refractivity contribution in [1.29, 1.82) is 0 Å². The SMILES string of the molecule is O=c1[nH]ncc2nc(-c3ccsc3)nc(Nc3ccc(N4CCC5(CC4)CC5C(O)O)cc3)c12. The molecule has 9 nitrogen and oxygen atoms in total. The summed E-state index contributed by atoms with van der Waals surface area (Å²) in [5.41, 5.74) is 3.07. The van der Waals surface area contributed by atoms with E-state index in [0.717, 1.165) is 49.3 Å². The van der Waals surface area contributed by atoms with Gasteiger partial charge in [-0.15, -0.1) is 0 Å². The zero-order chi connectivity index (χ0) is 23.3. The first-order valence-electron chi connectivity index (χ1n) is 11.3. The number of aromatic amines is 1. The Morgan fingerprint density at radius 3 is 2.62 bits per heavy atom. The van der Waals surface area contributed by atoms with Crippen LogP contribution in [0.3, 0.4) is 0 Å². The van der Waals surface area contributed by atoms with Crippen molar-refractivity contribution in [3.63, 3.8) is 0 Å². The molecule has 0 bridgehead atoms. The molecule has 0 amide bonds. The molecule has 1 saturated carbocycles. The first-order chi connectivity index (χ1) is 16.5. The van der Waals surface area contributed by atoms with Gasteiger partial charge in [0.15, 0.2) is 12.1 Å². The van der Waals surface area contributed by atoms with E-state index in [-0.39, 0.29) is 16.9 Å². The number of H-pyrrole nitrogens is 1. The summed E-state index contributed by atoms with van der Waals surface area (Å²) in [4.78, 5) is 24.0. The summed E-state index contributed by atoms with van der Waals surface area (Å²) in [5.74, 6) is 1.000. The predicted molar refractivity (Wildman–Crippen MR) is 131 cm³/mol. The fourth-order valence-electron chi connectivity index (χ4n) is 5.09. The summed E-state index contributed by atoms with van der Waals surface area (Å²) in [5, 5.41) is 32.9. The third-order valence-corrected chi connectivity index (χ3v) is 7.85. The quantitative estimate of drug-likeness (QED) is 0.324. The topological polar surface area (TPSA) is 127 Å². The van der Waals surface area contributed by atoms with Crippen LogP contribution in [-0.2, 0) is 0 Å². The molecule has 10 heteroatoms. The van der Waals surface area contributed by atoms with Crippen molar-refractivity contribution in [2.75, 3.05) is 23.3 Å². The van der Waals surface area contributed by atoms with Crippen LogP contribution in [0.25, 0.3) is 22.3 Å². The Morgan fingerprint density at radius 1 is 1.15 bits per heavy atom. The van der Waals surface area contributed by atoms with Crippen molar-refractivity contribution >= 4 is 39.4 Å². The van der Waals surface area contributed by atoms with Crippen LogP contribution in [0.1, 0.15) is 19.3 Å². The van der Waals surface area contributed by atoms with E-state index in [9.17, 15) is 15.0 Å². The minimum absolute atomic E-state index is 0.0289. The second kappa shape index (κ2) is 8.15. The highest BCUT2D eigenvalue weighted by Gasteiger charge is 2.57. The van der Waals surface area contributed by atoms with Crippen LogP contribution in [0.15, 0.2) is 52.1 Å². The van der Waals surface area contributed by atoms with Gasteiger partial charge in [0.1, 0.15) is 16.7 Å². The third-order valence-electron chi connectivity index (χ3n) is 7.16. The predicted octanol–water partition coefficient (Wildman–Crippen LogP) is 3.10. The van der Waals surface area contributed by atoms with Crippen LogP contribution in [-0.4, -0.2) is 49.8 Å². The van der Waals surface area contributed by atoms with Crippen molar-refractivity contribution in [1.82, 2.24) is 20.2 Å². The molecule has 4 N–H and O–H groups in total. The van der Waals surface area contributed by atoms with E-state index in [0.29, 0.717) is 22.5 Å². The van der Waals surface area contributed by atoms with Gasteiger partial charge in [0.2, 0.25) is 0 Å². The molecule has 4 heterocycles. The average molecular weight is 477 g/mol. The number of thiophene rings is 1. The molecule has 1 atom stereocenters. The maximum Gasteiger partial charge on any atom is 0.277 e. The van der Waals surface area contributed by atoms with Gasteiger partial charge in [0.25, 0.3) is 5.56 Å². The summed E-state index contributed by atoms with van der Waals surface area (Å²) < 4.78 is 0. The monoisotopic (exact) mass is 476 g/mol. The van der Waals surface area contributed by atoms with Gasteiger partial charge in [-0.25, -0.2) is 15.1 Å². The molecule has 1 aliphatic carbocycles. The van der Waals surface area contributed by atoms with Crippen molar-refractivity contribution in [2.24, 2.45) is 11.3 Å². The molecule has 1 aromatic carbocycles. The van der Waals surface area contributed by atoms with Crippen LogP contribution in [0.2, 0.25) is 0 Å². The lowest BCUT2D eigenvalue weighted by Gasteiger charge is -2.35. The number of aliphatic hydroxyl groups excluding tert-OH is 1. The van der Waals surface area contributed by atoms with E-state index in [1.165, 1.54) is 6.20 Å². The molecule has 2 fully saturated rings. The average Bonchev–Trinajstić information content (AvgIpc) is 3.26. The molecule has 1 saturated heterocycles. The lowest BCUT2D eigenvalue weighted by atomic mass is 9.90. The van der Waals surface area contributed by atoms with Gasteiger partial charge >= 0.3 is 0 Å². The zero-order valence-electron chi connectivity index (χ0n) is 18.3. The number of aromatic nitrogens is 4. The van der Waals surface area contributed by atoms with Gasteiger partial charge in [-0.2, -0.15) is 16.4 Å². The Hall–Kier alpha value is -3.34. The van der Waals surface area contributed by atoms with Gasteiger partial charge in [-0.3, -0.25) is 4.79 Å². The van der Waals surface area contributed by atoms with Crippen molar-refractivity contribution in [3.05, 3.63) is 57.6 Å². The van der Waals surface area contributed by atoms with E-state index >= 15 is 0 Å². The minimum atomic E-state index is -1.20. The lowest BCUT2D eigenvalue weighted by molar-refractivity contribution is -0.0675. The maximum absolute atomic E-state index is 12.5. The number of hydrogen-bond acceptors (Lipinski definition) is 9. The Labute approximate surface area is 199 Å². The Bertz CT molecular complexity index is 1380. The molecule has 1 unspecified atom stereocenters. The number of rotatable bonds is 5. The number of anilines is 3. The fraction of sp³-hybridized carbons (Fsp3) is 0.333. The highest BCUT2D eigenvalue weighted by atomic mass is 32.1. The van der Waals surface area contributed by atoms with Gasteiger partial charge < -0.3 is 20.4 Å². The summed E-state index contributed by atoms with van der Waals surface area (Å²) >= 11 is 1.56. The smallest absolute Gasteiger partial charge is 0.277 e. The van der Waals surface area contributed by atoms with Gasteiger partial charge in [0, 0.05) is 41.3 Å². The van der Waals surface area contributed by atoms with E-state index in [1.54, 1.807) is 11.3 Å². The minimum Gasteiger partial charge on any atom is -0.371 e. The van der Waals surface area contributed by atoms with Gasteiger partial charge in [-0.1, -0.05) is 0 Å². The van der Waals surface area contributed by atoms with Crippen molar-refractivity contribution in [3.8, 4) is 11.4 Å². The van der Waals surface area contributed by atoms with Gasteiger partial charge in [-0.05, 0) is 60.4 Å². The number of piperidine rings is 1. The first-order valence-corrected chi connectivity index (χ1v) is 12.2. The molecule has 34 heavy (non-hydrogen) atoms. The zero-order valence-corrected chi connectivity index (χ0v) is 19.1. The molecule has 0 radical (unpaired) electrons. The first kappa shape index (κ1) is 21.2. The van der Waals surface area contributed by atoms with E-state index in [1.807, 2.05) is 29.0 Å². The fourth-order valence-corrected chi connectivity index (χ4v) is 5.73. The summed E-state index contributed by atoms with van der Waals surface area (Å²) in [6, 6.07) is 10.0. The Kier molecular flexibility index (Phi) is 5.09. The largest absolute Gasteiger partial charge is 0.371 e. The Morgan fingerprint density at radius 2 is 1.94 bits per heavy atom. The molecule has 174 valence electrons. The second-order valence-corrected chi connectivity index (χ2v) is 9.89. The molecule has 1 spiro atoms. The standard InChI is InChI=1S/C24H24N6O3S/c31-22-19-18(12-25-29-22)27-20(14-5-10-34-13-14)28-21(19)26-15-1-3-16(4-2-15)30-8-6-24(7-9-30)11-17(24)23(32)33/h1-5,10,12-13,17,23,32-33H,6-9,11H2,(H,29,31)(H,26,27,28). The van der Waals surface area contributed by atoms with E-state index in [2.05, 4.69) is 42.5 Å². The molecule has 3 aromatic heterocycles. The number of nitrogens with zero attached hydrogens (tertiary/aromatic N) is 4. The molecular weight excluding hydrogens is 452 g/mol. The number of benzene rings is 1. The molecule has 2 aliphatic rings. The van der Waals surface area contributed by atoms with Crippen LogP contribution in [0.5, 0.6) is 0 Å². The normalized spacial score (nSPS) is 19.1. The number of nitrogens with one attached hydrogen (secondary N) is 2. The highest BCUT2D eigenvalue weighted by Crippen LogP contribution is 2.60. The number of fused-ring (bicyclic) bond motifs is 1. The number of aliphatic hydroxyl groups is 2. The highest BCUT2D eigenvalue weighted by molar-refractivity contribution is 7.08. The summed E-state index contributed by atoms with van der Waals surface area (Å²) in [6.07, 6.45) is 3.20. The van der Waals surface area contributed by atoms with E-state index in [4.69, 9.17) is 0 Å². The van der Waals surface area contributed by atoms with Crippen LogP contribution >= 0.6 is 11.3 Å². The summed E-state index contributed by atoms with van der Waals surface area (Å²) in [6.45, 7) is 1.80. The molecular formula is C24H24N6O3S. The van der Waals surface area contributed by atoms with Gasteiger partial charge in [0.05, 0.1) is 6.20 Å². The summed E-state index contributed by atoms with van der Waals surface area (Å²) in [7, 11) is 0. The van der Waals surface area contributed by atoms with Crippen LogP contribution in [0.4, 0.5) is 17.2 Å². The molecule has 6 rings (SSSR count). The van der Waals surface area contributed by atoms with Crippen LogP contribution in [0, 0.1) is 11.3 Å². The van der Waals surface area contributed by atoms with Crippen LogP contribution < -0.4 is 15.8 Å².